The van der Waals surface area contributed by atoms with Gasteiger partial charge in [-0.3, -0.25) is 4.79 Å². The Labute approximate surface area is 138 Å². The summed E-state index contributed by atoms with van der Waals surface area (Å²) in [6.07, 6.45) is 1.39. The molecule has 0 aromatic heterocycles. The van der Waals surface area contributed by atoms with E-state index in [1.54, 1.807) is 0 Å². The van der Waals surface area contributed by atoms with E-state index in [-0.39, 0.29) is 12.2 Å². The van der Waals surface area contributed by atoms with Crippen LogP contribution in [0.3, 0.4) is 0 Å². The van der Waals surface area contributed by atoms with E-state index in [1.165, 1.54) is 6.92 Å². The number of benzene rings is 1. The number of nitrogens with one attached hydrogen (secondary N) is 1. The van der Waals surface area contributed by atoms with Crippen LogP contribution in [0.2, 0.25) is 0 Å². The zero-order valence-corrected chi connectivity index (χ0v) is 13.7. The number of hydrogen-bond acceptors (Lipinski definition) is 5. The van der Waals surface area contributed by atoms with Crippen LogP contribution in [-0.2, 0) is 10.2 Å². The second-order valence-corrected chi connectivity index (χ2v) is 6.75. The lowest BCUT2D eigenvalue weighted by Gasteiger charge is -2.17. The summed E-state index contributed by atoms with van der Waals surface area (Å²) in [6.45, 7) is 2.09. The van der Waals surface area contributed by atoms with Gasteiger partial charge in [-0.05, 0) is 31.9 Å². The number of ether oxygens (including phenoxy) is 1. The Morgan fingerprint density at radius 3 is 2.42 bits per heavy atom. The maximum atomic E-state index is 14.2. The highest BCUT2D eigenvalue weighted by atomic mass is 32.2. The molecular weight excluding hydrogens is 343 g/mol. The third kappa shape index (κ3) is 3.65. The number of amides is 1. The second kappa shape index (κ2) is 7.14. The number of hydrogen-bond donors (Lipinski definition) is 2. The molecule has 0 spiro atoms. The van der Waals surface area contributed by atoms with Crippen LogP contribution in [-0.4, -0.2) is 49.4 Å². The summed E-state index contributed by atoms with van der Waals surface area (Å²) in [4.78, 5) is 23.2. The highest BCUT2D eigenvalue weighted by molar-refractivity contribution is 7.87. The van der Waals surface area contributed by atoms with Crippen molar-refractivity contribution in [1.29, 1.82) is 0 Å². The van der Waals surface area contributed by atoms with Crippen molar-refractivity contribution in [2.45, 2.75) is 19.8 Å². The number of carbonyl (C=O) groups is 2. The molecule has 132 valence electrons. The number of rotatable bonds is 6. The van der Waals surface area contributed by atoms with Crippen molar-refractivity contribution in [2.24, 2.45) is 0 Å². The fourth-order valence-corrected chi connectivity index (χ4v) is 3.56. The summed E-state index contributed by atoms with van der Waals surface area (Å²) in [6, 6.07) is 1.91. The molecule has 1 amide bonds. The van der Waals surface area contributed by atoms with Crippen molar-refractivity contribution in [2.75, 3.05) is 19.7 Å². The van der Waals surface area contributed by atoms with Crippen molar-refractivity contribution in [3.8, 4) is 5.75 Å². The summed E-state index contributed by atoms with van der Waals surface area (Å²) in [7, 11) is -4.04. The van der Waals surface area contributed by atoms with E-state index in [0.717, 1.165) is 16.4 Å². The Hall–Kier alpha value is -2.20. The van der Waals surface area contributed by atoms with E-state index in [1.807, 2.05) is 4.72 Å². The first-order chi connectivity index (χ1) is 11.3. The molecule has 0 radical (unpaired) electrons. The number of aromatic carboxylic acids is 1. The van der Waals surface area contributed by atoms with Crippen LogP contribution < -0.4 is 9.46 Å². The molecule has 2 N–H and O–H groups in total. The Kier molecular flexibility index (Phi) is 5.40. The lowest BCUT2D eigenvalue weighted by Crippen LogP contribution is -2.42. The van der Waals surface area contributed by atoms with Gasteiger partial charge in [-0.25, -0.2) is 13.9 Å². The first kappa shape index (κ1) is 18.1. The zero-order chi connectivity index (χ0) is 17.9. The van der Waals surface area contributed by atoms with E-state index in [0.29, 0.717) is 25.9 Å². The quantitative estimate of drug-likeness (QED) is 0.782. The van der Waals surface area contributed by atoms with Crippen molar-refractivity contribution < 1.29 is 32.2 Å². The third-order valence-electron chi connectivity index (χ3n) is 3.49. The topological polar surface area (TPSA) is 113 Å². The molecule has 0 bridgehead atoms. The SMILES string of the molecule is CCOc1c(C(=O)NS(=O)(=O)N2CCCC2)ccc(C(=O)O)c1F. The standard InChI is InChI=1S/C14H17FN2O6S/c1-2-23-12-10(6-5-9(11(12)15)14(19)20)13(18)16-24(21,22)17-7-3-4-8-17/h5-6H,2-4,7-8H2,1H3,(H,16,18)(H,19,20). The minimum Gasteiger partial charge on any atom is -0.490 e. The van der Waals surface area contributed by atoms with Gasteiger partial charge in [0.05, 0.1) is 17.7 Å². The smallest absolute Gasteiger partial charge is 0.338 e. The molecule has 8 nitrogen and oxygen atoms in total. The Morgan fingerprint density at radius 2 is 1.88 bits per heavy atom. The summed E-state index contributed by atoms with van der Waals surface area (Å²) in [5.41, 5.74) is -1.06. The van der Waals surface area contributed by atoms with Gasteiger partial charge in [0, 0.05) is 13.1 Å². The Morgan fingerprint density at radius 1 is 1.29 bits per heavy atom. The molecule has 1 aliphatic heterocycles. The minimum atomic E-state index is -4.04. The van der Waals surface area contributed by atoms with E-state index in [9.17, 15) is 22.4 Å². The largest absolute Gasteiger partial charge is 0.490 e. The molecular formula is C14H17FN2O6S. The maximum absolute atomic E-state index is 14.2. The number of halogens is 1. The average molecular weight is 360 g/mol. The summed E-state index contributed by atoms with van der Waals surface area (Å²) in [5, 5.41) is 8.92. The predicted octanol–water partition coefficient (Wildman–Crippen LogP) is 0.993. The first-order valence-corrected chi connectivity index (χ1v) is 8.72. The predicted molar refractivity (Wildman–Crippen MR) is 81.7 cm³/mol. The molecule has 1 heterocycles. The molecule has 1 aromatic carbocycles. The molecule has 0 atom stereocenters. The molecule has 1 fully saturated rings. The Balaban J connectivity index is 2.35. The summed E-state index contributed by atoms with van der Waals surface area (Å²) in [5.74, 6) is -4.42. The lowest BCUT2D eigenvalue weighted by atomic mass is 10.1. The lowest BCUT2D eigenvalue weighted by molar-refractivity contribution is 0.0689. The number of carboxylic acids is 1. The maximum Gasteiger partial charge on any atom is 0.338 e. The van der Waals surface area contributed by atoms with Crippen LogP contribution in [0.15, 0.2) is 12.1 Å². The molecule has 1 aromatic rings. The third-order valence-corrected chi connectivity index (χ3v) is 4.98. The van der Waals surface area contributed by atoms with Crippen LogP contribution >= 0.6 is 0 Å². The van der Waals surface area contributed by atoms with Crippen molar-refractivity contribution >= 4 is 22.1 Å². The van der Waals surface area contributed by atoms with Gasteiger partial charge in [0.2, 0.25) is 0 Å². The highest BCUT2D eigenvalue weighted by Crippen LogP contribution is 2.26. The molecule has 1 aliphatic rings. The number of carbonyl (C=O) groups excluding carboxylic acids is 1. The van der Waals surface area contributed by atoms with Gasteiger partial charge >= 0.3 is 16.2 Å². The molecule has 0 unspecified atom stereocenters. The highest BCUT2D eigenvalue weighted by Gasteiger charge is 2.30. The second-order valence-electron chi connectivity index (χ2n) is 5.08. The monoisotopic (exact) mass is 360 g/mol. The van der Waals surface area contributed by atoms with Crippen LogP contribution in [0.1, 0.15) is 40.5 Å². The van der Waals surface area contributed by atoms with Gasteiger partial charge in [-0.1, -0.05) is 0 Å². The molecule has 1 saturated heterocycles. The van der Waals surface area contributed by atoms with E-state index < -0.39 is 39.2 Å². The fourth-order valence-electron chi connectivity index (χ4n) is 2.35. The van der Waals surface area contributed by atoms with E-state index >= 15 is 0 Å². The van der Waals surface area contributed by atoms with Gasteiger partial charge < -0.3 is 9.84 Å². The van der Waals surface area contributed by atoms with Gasteiger partial charge in [0.15, 0.2) is 11.6 Å². The number of nitrogens with zero attached hydrogens (tertiary/aromatic N) is 1. The Bertz CT molecular complexity index is 759. The average Bonchev–Trinajstić information content (AvgIpc) is 3.03. The van der Waals surface area contributed by atoms with Crippen molar-refractivity contribution in [1.82, 2.24) is 9.03 Å². The van der Waals surface area contributed by atoms with Gasteiger partial charge in [0.25, 0.3) is 5.91 Å². The molecule has 10 heteroatoms. The molecule has 2 rings (SSSR count). The zero-order valence-electron chi connectivity index (χ0n) is 12.9. The van der Waals surface area contributed by atoms with Crippen molar-refractivity contribution in [3.63, 3.8) is 0 Å². The fraction of sp³-hybridized carbons (Fsp3) is 0.429. The normalized spacial score (nSPS) is 15.2. The molecule has 0 saturated carbocycles. The van der Waals surface area contributed by atoms with Gasteiger partial charge in [-0.2, -0.15) is 12.7 Å². The van der Waals surface area contributed by atoms with Crippen LogP contribution in [0.4, 0.5) is 4.39 Å². The van der Waals surface area contributed by atoms with E-state index in [2.05, 4.69) is 0 Å². The van der Waals surface area contributed by atoms with Crippen LogP contribution in [0.25, 0.3) is 0 Å². The minimum absolute atomic E-state index is 0.0286. The van der Waals surface area contributed by atoms with Crippen LogP contribution in [0.5, 0.6) is 5.75 Å². The van der Waals surface area contributed by atoms with Crippen LogP contribution in [0, 0.1) is 5.82 Å². The summed E-state index contributed by atoms with van der Waals surface area (Å²) < 4.78 is 46.4. The van der Waals surface area contributed by atoms with Crippen molar-refractivity contribution in [3.05, 3.63) is 29.1 Å². The van der Waals surface area contributed by atoms with Gasteiger partial charge in [0.1, 0.15) is 0 Å². The molecule has 0 aliphatic carbocycles. The van der Waals surface area contributed by atoms with Gasteiger partial charge in [-0.15, -0.1) is 0 Å². The number of carboxylic acid groups (broad SMARTS) is 1. The first-order valence-electron chi connectivity index (χ1n) is 7.28. The molecule has 24 heavy (non-hydrogen) atoms. The summed E-state index contributed by atoms with van der Waals surface area (Å²) >= 11 is 0. The van der Waals surface area contributed by atoms with E-state index in [4.69, 9.17) is 9.84 Å².